The fourth-order valence-corrected chi connectivity index (χ4v) is 11.5. The van der Waals surface area contributed by atoms with Gasteiger partial charge in [0.05, 0.1) is 0 Å². The van der Waals surface area contributed by atoms with Crippen LogP contribution in [0.15, 0.2) is 0 Å². The van der Waals surface area contributed by atoms with Gasteiger partial charge in [0.1, 0.15) is 5.78 Å². The number of hydrogen-bond donors (Lipinski definition) is 0. The van der Waals surface area contributed by atoms with E-state index in [-0.39, 0.29) is 5.41 Å². The molecule has 0 N–H and O–H groups in total. The first kappa shape index (κ1) is 22.5. The van der Waals surface area contributed by atoms with Gasteiger partial charge in [-0.15, -0.1) is 0 Å². The second-order valence-electron chi connectivity index (χ2n) is 14.9. The summed E-state index contributed by atoms with van der Waals surface area (Å²) >= 11 is 0. The molecule has 9 atom stereocenters. The first-order valence-corrected chi connectivity index (χ1v) is 13.8. The van der Waals surface area contributed by atoms with Gasteiger partial charge < -0.3 is 0 Å². The molecule has 5 rings (SSSR count). The van der Waals surface area contributed by atoms with E-state index in [0.29, 0.717) is 33.4 Å². The Morgan fingerprint density at radius 2 is 1.45 bits per heavy atom. The molecule has 0 aromatic heterocycles. The van der Waals surface area contributed by atoms with Gasteiger partial charge in [-0.1, -0.05) is 55.4 Å². The van der Waals surface area contributed by atoms with Crippen molar-refractivity contribution < 1.29 is 4.79 Å². The molecule has 0 aromatic carbocycles. The summed E-state index contributed by atoms with van der Waals surface area (Å²) in [5.41, 5.74) is 1.76. The van der Waals surface area contributed by atoms with Gasteiger partial charge in [0.15, 0.2) is 0 Å². The summed E-state index contributed by atoms with van der Waals surface area (Å²) in [6.07, 6.45) is 13.3. The molecule has 0 aliphatic heterocycles. The van der Waals surface area contributed by atoms with E-state index in [1.54, 1.807) is 0 Å². The molecule has 0 heterocycles. The summed E-state index contributed by atoms with van der Waals surface area (Å²) < 4.78 is 0. The quantitative estimate of drug-likeness (QED) is 0.412. The van der Waals surface area contributed by atoms with Crippen LogP contribution < -0.4 is 0 Å². The lowest BCUT2D eigenvalue weighted by molar-refractivity contribution is -0.234. The number of carbonyl (C=O) groups is 1. The number of hydrogen-bond acceptors (Lipinski definition) is 1. The summed E-state index contributed by atoms with van der Waals surface area (Å²) in [6.45, 7) is 20.3. The zero-order valence-electron chi connectivity index (χ0n) is 21.9. The first-order chi connectivity index (χ1) is 14.3. The van der Waals surface area contributed by atoms with Crippen LogP contribution in [0.1, 0.15) is 120 Å². The summed E-state index contributed by atoms with van der Waals surface area (Å²) in [6, 6.07) is 0. The number of fused-ring (bicyclic) bond motifs is 7. The lowest BCUT2D eigenvalue weighted by Gasteiger charge is -2.72. The summed E-state index contributed by atoms with van der Waals surface area (Å²) in [4.78, 5) is 12.9. The Morgan fingerprint density at radius 3 is 2.13 bits per heavy atom. The van der Waals surface area contributed by atoms with Crippen LogP contribution in [0.25, 0.3) is 0 Å². The molecule has 0 amide bonds. The molecule has 1 heteroatoms. The molecule has 31 heavy (non-hydrogen) atoms. The molecular formula is C30H50O. The minimum atomic E-state index is -0.120. The maximum atomic E-state index is 12.9. The Bertz CT molecular complexity index is 764. The normalized spacial score (nSPS) is 55.9. The van der Waals surface area contributed by atoms with E-state index in [1.807, 2.05) is 0 Å². The molecule has 0 bridgehead atoms. The predicted octanol–water partition coefficient (Wildman–Crippen LogP) is 8.31. The average molecular weight is 427 g/mol. The van der Waals surface area contributed by atoms with Crippen LogP contribution in [-0.4, -0.2) is 5.78 Å². The third kappa shape index (κ3) is 2.65. The third-order valence-corrected chi connectivity index (χ3v) is 13.5. The number of Topliss-reactive ketones (excluding diaryl/α,β-unsaturated/α-hetero) is 1. The molecule has 5 aliphatic carbocycles. The highest BCUT2D eigenvalue weighted by atomic mass is 16.1. The Hall–Kier alpha value is -0.330. The first-order valence-electron chi connectivity index (χ1n) is 13.8. The highest BCUT2D eigenvalue weighted by molar-refractivity contribution is 5.85. The van der Waals surface area contributed by atoms with Gasteiger partial charge in [0.25, 0.3) is 0 Å². The van der Waals surface area contributed by atoms with E-state index in [4.69, 9.17) is 0 Å². The minimum Gasteiger partial charge on any atom is -0.299 e. The third-order valence-electron chi connectivity index (χ3n) is 13.5. The van der Waals surface area contributed by atoms with Crippen molar-refractivity contribution in [2.45, 2.75) is 120 Å². The van der Waals surface area contributed by atoms with Crippen LogP contribution in [-0.2, 0) is 4.79 Å². The standard InChI is InChI=1S/C30H50O/c1-19(2)20-11-14-27(5)17-18-29(7)21(25(20)27)9-10-23-28(6)15-13-24(31)26(3,4)22(28)12-16-30(23,29)8/h19-23,25H,9-18H2,1-8H3/t20-,21?,22?,23?,25?,27+,28-,29+,30+/m0/s1. The van der Waals surface area contributed by atoms with Crippen LogP contribution in [0.5, 0.6) is 0 Å². The van der Waals surface area contributed by atoms with Gasteiger partial charge in [0.2, 0.25) is 0 Å². The van der Waals surface area contributed by atoms with Gasteiger partial charge in [-0.05, 0) is 115 Å². The summed E-state index contributed by atoms with van der Waals surface area (Å²) in [7, 11) is 0. The van der Waals surface area contributed by atoms with Gasteiger partial charge in [0, 0.05) is 11.8 Å². The van der Waals surface area contributed by atoms with Crippen LogP contribution >= 0.6 is 0 Å². The van der Waals surface area contributed by atoms with E-state index in [9.17, 15) is 4.79 Å². The van der Waals surface area contributed by atoms with E-state index >= 15 is 0 Å². The molecule has 0 radical (unpaired) electrons. The van der Waals surface area contributed by atoms with Crippen molar-refractivity contribution in [3.05, 3.63) is 0 Å². The molecule has 4 unspecified atom stereocenters. The van der Waals surface area contributed by atoms with Crippen molar-refractivity contribution in [2.75, 3.05) is 0 Å². The maximum Gasteiger partial charge on any atom is 0.138 e. The van der Waals surface area contributed by atoms with Crippen molar-refractivity contribution in [1.29, 1.82) is 0 Å². The van der Waals surface area contributed by atoms with Crippen LogP contribution in [0.2, 0.25) is 0 Å². The van der Waals surface area contributed by atoms with Crippen molar-refractivity contribution in [2.24, 2.45) is 62.6 Å². The Kier molecular flexibility index (Phi) is 4.80. The Labute approximate surface area is 192 Å². The Morgan fingerprint density at radius 1 is 0.742 bits per heavy atom. The monoisotopic (exact) mass is 426 g/mol. The summed E-state index contributed by atoms with van der Waals surface area (Å²) in [5, 5.41) is 0. The second-order valence-corrected chi connectivity index (χ2v) is 14.9. The fourth-order valence-electron chi connectivity index (χ4n) is 11.5. The van der Waals surface area contributed by atoms with Crippen molar-refractivity contribution in [3.8, 4) is 0 Å². The van der Waals surface area contributed by atoms with E-state index in [0.717, 1.165) is 42.4 Å². The lowest BCUT2D eigenvalue weighted by Crippen LogP contribution is -2.66. The number of rotatable bonds is 1. The Balaban J connectivity index is 1.54. The molecule has 1 nitrogen and oxygen atoms in total. The lowest BCUT2D eigenvalue weighted by atomic mass is 9.32. The van der Waals surface area contributed by atoms with Crippen molar-refractivity contribution in [1.82, 2.24) is 0 Å². The van der Waals surface area contributed by atoms with Gasteiger partial charge in [-0.3, -0.25) is 4.79 Å². The fraction of sp³-hybridized carbons (Fsp3) is 0.967. The maximum absolute atomic E-state index is 12.9. The topological polar surface area (TPSA) is 17.1 Å². The SMILES string of the molecule is CC(C)[C@@H]1CC[C@]2(C)CC[C@]3(C)C(CCC4[C@@]5(C)CCC(=O)C(C)(C)C5CC[C@]43C)C12. The van der Waals surface area contributed by atoms with Crippen LogP contribution in [0.4, 0.5) is 0 Å². The van der Waals surface area contributed by atoms with Gasteiger partial charge in [-0.2, -0.15) is 0 Å². The largest absolute Gasteiger partial charge is 0.299 e. The van der Waals surface area contributed by atoms with Gasteiger partial charge in [-0.25, -0.2) is 0 Å². The molecule has 5 aliphatic rings. The molecule has 0 aromatic rings. The summed E-state index contributed by atoms with van der Waals surface area (Å²) in [5.74, 6) is 5.56. The van der Waals surface area contributed by atoms with E-state index in [1.165, 1.54) is 51.4 Å². The number of ketones is 1. The van der Waals surface area contributed by atoms with Crippen LogP contribution in [0.3, 0.4) is 0 Å². The van der Waals surface area contributed by atoms with E-state index < -0.39 is 0 Å². The van der Waals surface area contributed by atoms with E-state index in [2.05, 4.69) is 55.4 Å². The smallest absolute Gasteiger partial charge is 0.138 e. The second kappa shape index (κ2) is 6.63. The zero-order chi connectivity index (χ0) is 22.6. The zero-order valence-corrected chi connectivity index (χ0v) is 21.9. The molecular weight excluding hydrogens is 376 g/mol. The molecule has 5 fully saturated rings. The minimum absolute atomic E-state index is 0.120. The highest BCUT2D eigenvalue weighted by Crippen LogP contribution is 2.77. The molecule has 0 saturated heterocycles. The molecule has 0 spiro atoms. The van der Waals surface area contributed by atoms with Crippen LogP contribution in [0, 0.1) is 62.6 Å². The molecule has 176 valence electrons. The highest BCUT2D eigenvalue weighted by Gasteiger charge is 2.70. The average Bonchev–Trinajstić information content (AvgIpc) is 3.04. The predicted molar refractivity (Wildman–Crippen MR) is 130 cm³/mol. The van der Waals surface area contributed by atoms with Crippen molar-refractivity contribution in [3.63, 3.8) is 0 Å². The van der Waals surface area contributed by atoms with Crippen molar-refractivity contribution >= 4 is 5.78 Å². The van der Waals surface area contributed by atoms with Gasteiger partial charge >= 0.3 is 0 Å². The number of carbonyl (C=O) groups excluding carboxylic acids is 1. The molecule has 5 saturated carbocycles.